The van der Waals surface area contributed by atoms with Crippen LogP contribution in [0.15, 0.2) is 51.7 Å². The molecular formula is C23H21N3O4S2. The first-order chi connectivity index (χ1) is 15.3. The Kier molecular flexibility index (Phi) is 6.03. The second kappa shape index (κ2) is 8.76. The first-order valence-electron chi connectivity index (χ1n) is 9.79. The molecule has 0 spiro atoms. The molecule has 0 amide bonds. The van der Waals surface area contributed by atoms with E-state index >= 15 is 0 Å². The van der Waals surface area contributed by atoms with Gasteiger partial charge in [-0.2, -0.15) is 0 Å². The molecule has 4 rings (SSSR count). The van der Waals surface area contributed by atoms with Crippen molar-refractivity contribution < 1.29 is 14.3 Å². The largest absolute Gasteiger partial charge is 0.465 e. The summed E-state index contributed by atoms with van der Waals surface area (Å²) >= 11 is 2.67. The van der Waals surface area contributed by atoms with E-state index in [-0.39, 0.29) is 17.1 Å². The third kappa shape index (κ3) is 3.89. The van der Waals surface area contributed by atoms with Gasteiger partial charge in [-0.15, -0.1) is 11.3 Å². The molecule has 4 aromatic rings. The van der Waals surface area contributed by atoms with Gasteiger partial charge in [0.25, 0.3) is 5.56 Å². The van der Waals surface area contributed by atoms with Crippen LogP contribution in [0.1, 0.15) is 32.1 Å². The zero-order valence-corrected chi connectivity index (χ0v) is 19.7. The maximum atomic E-state index is 13.0. The number of nitrogens with zero attached hydrogens (tertiary/aromatic N) is 3. The minimum Gasteiger partial charge on any atom is -0.465 e. The zero-order valence-electron chi connectivity index (χ0n) is 18.0. The third-order valence-corrected chi connectivity index (χ3v) is 7.11. The predicted octanol–water partition coefficient (Wildman–Crippen LogP) is 4.16. The number of aromatic nitrogens is 3. The highest BCUT2D eigenvalue weighted by atomic mass is 32.2. The van der Waals surface area contributed by atoms with Gasteiger partial charge in [0.1, 0.15) is 4.83 Å². The molecule has 1 aromatic carbocycles. The molecule has 164 valence electrons. The second-order valence-electron chi connectivity index (χ2n) is 7.27. The lowest BCUT2D eigenvalue weighted by Crippen LogP contribution is -2.19. The summed E-state index contributed by atoms with van der Waals surface area (Å²) in [5.74, 6) is -0.266. The predicted molar refractivity (Wildman–Crippen MR) is 126 cm³/mol. The van der Waals surface area contributed by atoms with Crippen molar-refractivity contribution in [3.63, 3.8) is 0 Å². The van der Waals surface area contributed by atoms with E-state index in [0.717, 1.165) is 17.1 Å². The molecule has 0 aliphatic carbocycles. The van der Waals surface area contributed by atoms with Crippen molar-refractivity contribution in [3.05, 3.63) is 74.6 Å². The maximum absolute atomic E-state index is 13.0. The number of ketones is 1. The fourth-order valence-electron chi connectivity index (χ4n) is 3.62. The summed E-state index contributed by atoms with van der Waals surface area (Å²) in [6.45, 7) is 3.83. The summed E-state index contributed by atoms with van der Waals surface area (Å²) in [5.41, 5.74) is 3.55. The average Bonchev–Trinajstić information content (AvgIpc) is 3.38. The number of hydrogen-bond acceptors (Lipinski definition) is 7. The number of hydrogen-bond donors (Lipinski definition) is 0. The third-order valence-electron chi connectivity index (χ3n) is 5.27. The molecule has 0 N–H and O–H groups in total. The SMILES string of the molecule is COC(=O)c1ccc(-n2c(C)cc(C(=O)CSc3nc4sccc4c(=O)n3C)c2C)cc1. The molecule has 9 heteroatoms. The van der Waals surface area contributed by atoms with Crippen molar-refractivity contribution in [2.24, 2.45) is 7.05 Å². The first kappa shape index (κ1) is 22.0. The van der Waals surface area contributed by atoms with Crippen LogP contribution in [-0.4, -0.2) is 38.7 Å². The number of aryl methyl sites for hydroxylation is 1. The topological polar surface area (TPSA) is 83.2 Å². The summed E-state index contributed by atoms with van der Waals surface area (Å²) in [5, 5.41) is 2.95. The maximum Gasteiger partial charge on any atom is 0.337 e. The highest BCUT2D eigenvalue weighted by molar-refractivity contribution is 7.99. The Morgan fingerprint density at radius 2 is 1.88 bits per heavy atom. The van der Waals surface area contributed by atoms with E-state index in [1.165, 1.54) is 34.8 Å². The number of thioether (sulfide) groups is 1. The summed E-state index contributed by atoms with van der Waals surface area (Å²) in [6.07, 6.45) is 0. The lowest BCUT2D eigenvalue weighted by Gasteiger charge is -2.11. The van der Waals surface area contributed by atoms with Crippen LogP contribution < -0.4 is 5.56 Å². The minimum absolute atomic E-state index is 0.0407. The molecule has 0 radical (unpaired) electrons. The number of benzene rings is 1. The van der Waals surface area contributed by atoms with E-state index in [4.69, 9.17) is 4.74 Å². The van der Waals surface area contributed by atoms with Crippen LogP contribution in [0.5, 0.6) is 0 Å². The van der Waals surface area contributed by atoms with Crippen molar-refractivity contribution in [3.8, 4) is 5.69 Å². The van der Waals surface area contributed by atoms with Gasteiger partial charge in [0, 0.05) is 29.7 Å². The molecular weight excluding hydrogens is 446 g/mol. The lowest BCUT2D eigenvalue weighted by molar-refractivity contribution is 0.0600. The normalized spacial score (nSPS) is 11.1. The van der Waals surface area contributed by atoms with E-state index < -0.39 is 5.97 Å². The summed E-state index contributed by atoms with van der Waals surface area (Å²) < 4.78 is 8.21. The van der Waals surface area contributed by atoms with Crippen molar-refractivity contribution in [2.75, 3.05) is 12.9 Å². The number of rotatable bonds is 6. The number of Topliss-reactive ketones (excluding diaryl/α,β-unsaturated/α-hetero) is 1. The van der Waals surface area contributed by atoms with Gasteiger partial charge in [-0.25, -0.2) is 9.78 Å². The fraction of sp³-hybridized carbons (Fsp3) is 0.217. The smallest absolute Gasteiger partial charge is 0.337 e. The number of esters is 1. The Balaban J connectivity index is 1.57. The van der Waals surface area contributed by atoms with Gasteiger partial charge < -0.3 is 9.30 Å². The van der Waals surface area contributed by atoms with Gasteiger partial charge in [0.05, 0.1) is 23.8 Å². The van der Waals surface area contributed by atoms with Gasteiger partial charge in [-0.05, 0) is 55.6 Å². The number of fused-ring (bicyclic) bond motifs is 1. The monoisotopic (exact) mass is 467 g/mol. The number of ether oxygens (including phenoxy) is 1. The van der Waals surface area contributed by atoms with Crippen LogP contribution in [0.4, 0.5) is 0 Å². The van der Waals surface area contributed by atoms with E-state index in [0.29, 0.717) is 26.5 Å². The summed E-state index contributed by atoms with van der Waals surface area (Å²) in [6, 6.07) is 10.7. The molecule has 3 aromatic heterocycles. The number of carbonyl (C=O) groups is 2. The van der Waals surface area contributed by atoms with E-state index in [1.54, 1.807) is 25.2 Å². The molecule has 7 nitrogen and oxygen atoms in total. The highest BCUT2D eigenvalue weighted by Gasteiger charge is 2.19. The molecule has 0 aliphatic rings. The van der Waals surface area contributed by atoms with Crippen LogP contribution in [0.25, 0.3) is 15.9 Å². The van der Waals surface area contributed by atoms with Crippen LogP contribution >= 0.6 is 23.1 Å². The number of carbonyl (C=O) groups excluding carboxylic acids is 2. The van der Waals surface area contributed by atoms with Gasteiger partial charge in [0.15, 0.2) is 10.9 Å². The Hall–Kier alpha value is -3.17. The molecule has 0 bridgehead atoms. The van der Waals surface area contributed by atoms with Gasteiger partial charge in [-0.1, -0.05) is 11.8 Å². The van der Waals surface area contributed by atoms with E-state index in [1.807, 2.05) is 42.0 Å². The zero-order chi connectivity index (χ0) is 23.0. The number of methoxy groups -OCH3 is 1. The number of thiophene rings is 1. The Morgan fingerprint density at radius 3 is 2.56 bits per heavy atom. The fourth-order valence-corrected chi connectivity index (χ4v) is 5.28. The molecule has 0 fully saturated rings. The van der Waals surface area contributed by atoms with Gasteiger partial charge in [0.2, 0.25) is 0 Å². The van der Waals surface area contributed by atoms with Gasteiger partial charge in [-0.3, -0.25) is 14.2 Å². The molecule has 0 atom stereocenters. The molecule has 0 unspecified atom stereocenters. The lowest BCUT2D eigenvalue weighted by atomic mass is 10.2. The Morgan fingerprint density at radius 1 is 1.16 bits per heavy atom. The molecule has 3 heterocycles. The van der Waals surface area contributed by atoms with Gasteiger partial charge >= 0.3 is 5.97 Å². The summed E-state index contributed by atoms with van der Waals surface area (Å²) in [4.78, 5) is 42.4. The highest BCUT2D eigenvalue weighted by Crippen LogP contribution is 2.25. The van der Waals surface area contributed by atoms with Crippen molar-refractivity contribution in [2.45, 2.75) is 19.0 Å². The van der Waals surface area contributed by atoms with E-state index in [2.05, 4.69) is 4.98 Å². The Labute approximate surface area is 192 Å². The molecule has 0 aliphatic heterocycles. The molecule has 0 saturated heterocycles. The first-order valence-corrected chi connectivity index (χ1v) is 11.7. The van der Waals surface area contributed by atoms with Crippen LogP contribution in [0.2, 0.25) is 0 Å². The van der Waals surface area contributed by atoms with Crippen LogP contribution in [-0.2, 0) is 11.8 Å². The Bertz CT molecular complexity index is 1400. The quantitative estimate of drug-likeness (QED) is 0.183. The average molecular weight is 468 g/mol. The summed E-state index contributed by atoms with van der Waals surface area (Å²) in [7, 11) is 3.02. The van der Waals surface area contributed by atoms with E-state index in [9.17, 15) is 14.4 Å². The minimum atomic E-state index is -0.394. The van der Waals surface area contributed by atoms with Crippen molar-refractivity contribution in [1.29, 1.82) is 0 Å². The van der Waals surface area contributed by atoms with Crippen molar-refractivity contribution in [1.82, 2.24) is 14.1 Å². The standard InChI is InChI=1S/C23H21N3O4S2/c1-13-11-18(14(2)26(13)16-7-5-15(6-8-16)22(29)30-4)19(27)12-32-23-24-20-17(9-10-31-20)21(28)25(23)3/h5-11H,12H2,1-4H3. The molecule has 0 saturated carbocycles. The molecule has 32 heavy (non-hydrogen) atoms. The van der Waals surface area contributed by atoms with Crippen LogP contribution in [0, 0.1) is 13.8 Å². The van der Waals surface area contributed by atoms with Crippen molar-refractivity contribution >= 4 is 45.1 Å². The second-order valence-corrected chi connectivity index (χ2v) is 9.11. The van der Waals surface area contributed by atoms with Crippen LogP contribution in [0.3, 0.4) is 0 Å².